The van der Waals surface area contributed by atoms with Crippen molar-refractivity contribution in [2.24, 2.45) is 0 Å². The van der Waals surface area contributed by atoms with Gasteiger partial charge in [-0.1, -0.05) is 11.8 Å². The Morgan fingerprint density at radius 3 is 2.53 bits per heavy atom. The molecule has 0 radical (unpaired) electrons. The van der Waals surface area contributed by atoms with E-state index in [4.69, 9.17) is 4.74 Å². The first kappa shape index (κ1) is 23.7. The molecular formula is C20H24N6O4S2. The molecule has 0 spiro atoms. The van der Waals surface area contributed by atoms with E-state index in [1.54, 1.807) is 12.4 Å². The number of hydrogen-bond acceptors (Lipinski definition) is 8. The van der Waals surface area contributed by atoms with Crippen molar-refractivity contribution in [1.29, 1.82) is 0 Å². The summed E-state index contributed by atoms with van der Waals surface area (Å²) in [4.78, 5) is 16.7. The fourth-order valence-corrected chi connectivity index (χ4v) is 4.60. The van der Waals surface area contributed by atoms with E-state index in [0.29, 0.717) is 23.3 Å². The summed E-state index contributed by atoms with van der Waals surface area (Å²) in [7, 11) is 0.682. The number of carbonyl (C=O) groups is 1. The quantitative estimate of drug-likeness (QED) is 0.468. The van der Waals surface area contributed by atoms with Crippen LogP contribution in [0.4, 0.5) is 5.69 Å². The molecule has 0 aliphatic rings. The molecule has 2 heterocycles. The molecule has 0 saturated heterocycles. The number of ether oxygens (including phenoxy) is 1. The van der Waals surface area contributed by atoms with Crippen LogP contribution in [0.1, 0.15) is 6.92 Å². The van der Waals surface area contributed by atoms with Gasteiger partial charge in [0.1, 0.15) is 5.75 Å². The molecule has 0 bridgehead atoms. The number of rotatable bonds is 9. The van der Waals surface area contributed by atoms with E-state index in [0.717, 1.165) is 9.87 Å². The summed E-state index contributed by atoms with van der Waals surface area (Å²) in [5.41, 5.74) is 1.16. The minimum atomic E-state index is -3.65. The maximum Gasteiger partial charge on any atom is 0.242 e. The average molecular weight is 477 g/mol. The molecule has 0 aliphatic carbocycles. The lowest BCUT2D eigenvalue weighted by molar-refractivity contribution is -0.113. The summed E-state index contributed by atoms with van der Waals surface area (Å²) in [6, 6.07) is 8.01. The fourth-order valence-electron chi connectivity index (χ4n) is 2.87. The number of aromatic nitrogens is 4. The molecule has 0 atom stereocenters. The Kier molecular flexibility index (Phi) is 7.48. The zero-order valence-electron chi connectivity index (χ0n) is 18.1. The summed E-state index contributed by atoms with van der Waals surface area (Å²) < 4.78 is 33.1. The van der Waals surface area contributed by atoms with Gasteiger partial charge in [0.15, 0.2) is 11.0 Å². The number of benzene rings is 1. The van der Waals surface area contributed by atoms with Gasteiger partial charge in [-0.05, 0) is 37.3 Å². The van der Waals surface area contributed by atoms with Crippen molar-refractivity contribution in [2.45, 2.75) is 23.5 Å². The minimum absolute atomic E-state index is 0.0546. The van der Waals surface area contributed by atoms with Crippen molar-refractivity contribution in [3.05, 3.63) is 42.7 Å². The van der Waals surface area contributed by atoms with Gasteiger partial charge in [0.2, 0.25) is 15.9 Å². The third-order valence-electron chi connectivity index (χ3n) is 4.53. The molecule has 1 amide bonds. The van der Waals surface area contributed by atoms with E-state index in [1.165, 1.54) is 51.2 Å². The van der Waals surface area contributed by atoms with Crippen LogP contribution in [0.5, 0.6) is 5.75 Å². The molecule has 3 rings (SSSR count). The largest absolute Gasteiger partial charge is 0.495 e. The average Bonchev–Trinajstić information content (AvgIpc) is 3.21. The van der Waals surface area contributed by atoms with Gasteiger partial charge in [0.25, 0.3) is 0 Å². The third kappa shape index (κ3) is 5.09. The van der Waals surface area contributed by atoms with Gasteiger partial charge < -0.3 is 14.6 Å². The number of nitrogens with one attached hydrogen (secondary N) is 1. The maximum absolute atomic E-state index is 12.6. The summed E-state index contributed by atoms with van der Waals surface area (Å²) >= 11 is 1.24. The Bertz CT molecular complexity index is 1200. The van der Waals surface area contributed by atoms with Crippen molar-refractivity contribution in [3.8, 4) is 17.1 Å². The highest BCUT2D eigenvalue weighted by atomic mass is 32.2. The lowest BCUT2D eigenvalue weighted by atomic mass is 10.2. The van der Waals surface area contributed by atoms with Crippen molar-refractivity contribution < 1.29 is 17.9 Å². The van der Waals surface area contributed by atoms with Gasteiger partial charge in [-0.25, -0.2) is 12.7 Å². The van der Waals surface area contributed by atoms with Crippen molar-refractivity contribution in [2.75, 3.05) is 32.3 Å². The monoisotopic (exact) mass is 476 g/mol. The predicted octanol–water partition coefficient (Wildman–Crippen LogP) is 2.35. The Hall–Kier alpha value is -2.96. The Morgan fingerprint density at radius 2 is 1.91 bits per heavy atom. The minimum Gasteiger partial charge on any atom is -0.495 e. The fraction of sp³-hybridized carbons (Fsp3) is 0.300. The van der Waals surface area contributed by atoms with Gasteiger partial charge in [-0.15, -0.1) is 10.2 Å². The molecule has 10 nitrogen and oxygen atoms in total. The summed E-state index contributed by atoms with van der Waals surface area (Å²) in [5, 5.41) is 11.8. The summed E-state index contributed by atoms with van der Waals surface area (Å²) in [6.07, 6.45) is 3.37. The van der Waals surface area contributed by atoms with E-state index in [-0.39, 0.29) is 22.2 Å². The van der Waals surface area contributed by atoms with Crippen molar-refractivity contribution >= 4 is 33.4 Å². The van der Waals surface area contributed by atoms with Crippen LogP contribution in [0.15, 0.2) is 52.8 Å². The topological polar surface area (TPSA) is 119 Å². The van der Waals surface area contributed by atoms with Gasteiger partial charge in [-0.2, -0.15) is 0 Å². The number of anilines is 1. The zero-order chi connectivity index (χ0) is 23.3. The molecule has 0 unspecified atom stereocenters. The first-order valence-electron chi connectivity index (χ1n) is 9.64. The number of methoxy groups -OCH3 is 1. The lowest BCUT2D eigenvalue weighted by Crippen LogP contribution is -2.22. The van der Waals surface area contributed by atoms with Crippen molar-refractivity contribution in [3.63, 3.8) is 0 Å². The van der Waals surface area contributed by atoms with Gasteiger partial charge in [0, 0.05) is 38.6 Å². The van der Waals surface area contributed by atoms with E-state index < -0.39 is 10.0 Å². The molecule has 0 saturated carbocycles. The highest BCUT2D eigenvalue weighted by molar-refractivity contribution is 7.99. The smallest absolute Gasteiger partial charge is 0.242 e. The van der Waals surface area contributed by atoms with Crippen molar-refractivity contribution in [1.82, 2.24) is 24.1 Å². The van der Waals surface area contributed by atoms with Gasteiger partial charge in [0.05, 0.1) is 23.4 Å². The molecule has 0 fully saturated rings. The van der Waals surface area contributed by atoms with E-state index >= 15 is 0 Å². The molecule has 12 heteroatoms. The summed E-state index contributed by atoms with van der Waals surface area (Å²) in [5.74, 6) is 0.782. The van der Waals surface area contributed by atoms with Crippen LogP contribution in [0.2, 0.25) is 0 Å². The second-order valence-electron chi connectivity index (χ2n) is 6.77. The molecule has 1 aromatic carbocycles. The Balaban J connectivity index is 1.75. The highest BCUT2D eigenvalue weighted by Crippen LogP contribution is 2.29. The summed E-state index contributed by atoms with van der Waals surface area (Å²) in [6.45, 7) is 2.60. The zero-order valence-corrected chi connectivity index (χ0v) is 19.8. The van der Waals surface area contributed by atoms with E-state index in [9.17, 15) is 13.2 Å². The second kappa shape index (κ2) is 10.1. The molecular weight excluding hydrogens is 452 g/mol. The first-order valence-corrected chi connectivity index (χ1v) is 12.1. The SMILES string of the molecule is CCn1c(SCC(=O)Nc2cc(S(=O)(=O)N(C)C)ccc2OC)nnc1-c1ccncc1. The Morgan fingerprint density at radius 1 is 1.19 bits per heavy atom. The van der Waals surface area contributed by atoms with Crippen LogP contribution in [-0.2, 0) is 21.4 Å². The second-order valence-corrected chi connectivity index (χ2v) is 9.87. The lowest BCUT2D eigenvalue weighted by Gasteiger charge is -2.15. The molecule has 3 aromatic rings. The van der Waals surface area contributed by atoms with Gasteiger partial charge >= 0.3 is 0 Å². The van der Waals surface area contributed by atoms with Crippen LogP contribution in [0.25, 0.3) is 11.4 Å². The molecule has 32 heavy (non-hydrogen) atoms. The Labute approximate surface area is 191 Å². The van der Waals surface area contributed by atoms with Gasteiger partial charge in [-0.3, -0.25) is 9.78 Å². The van der Waals surface area contributed by atoms with E-state index in [2.05, 4.69) is 20.5 Å². The van der Waals surface area contributed by atoms with Crippen LogP contribution in [-0.4, -0.2) is 65.3 Å². The number of nitrogens with zero attached hydrogens (tertiary/aromatic N) is 5. The number of amides is 1. The van der Waals surface area contributed by atoms with Crippen LogP contribution in [0.3, 0.4) is 0 Å². The number of pyridine rings is 1. The number of thioether (sulfide) groups is 1. The predicted molar refractivity (Wildman–Crippen MR) is 122 cm³/mol. The molecule has 1 N–H and O–H groups in total. The normalized spacial score (nSPS) is 11.5. The highest BCUT2D eigenvalue weighted by Gasteiger charge is 2.20. The number of carbonyl (C=O) groups excluding carboxylic acids is 1. The standard InChI is InChI=1S/C20H24N6O4S2/c1-5-26-19(14-8-10-21-11-9-14)23-24-20(26)31-13-18(27)22-16-12-15(6-7-17(16)30-4)32(28,29)25(2)3/h6-12H,5,13H2,1-4H3,(H,22,27). The maximum atomic E-state index is 12.6. The van der Waals surface area contributed by atoms with Crippen LogP contribution in [0, 0.1) is 0 Å². The molecule has 170 valence electrons. The first-order chi connectivity index (χ1) is 15.3. The van der Waals surface area contributed by atoms with Crippen LogP contribution < -0.4 is 10.1 Å². The van der Waals surface area contributed by atoms with Crippen LogP contribution >= 0.6 is 11.8 Å². The third-order valence-corrected chi connectivity index (χ3v) is 7.31. The number of sulfonamides is 1. The van der Waals surface area contributed by atoms with E-state index in [1.807, 2.05) is 23.6 Å². The molecule has 2 aromatic heterocycles. The number of hydrogen-bond donors (Lipinski definition) is 1. The molecule has 0 aliphatic heterocycles.